The number of unbranched alkanes of at least 4 members (excludes halogenated alkanes) is 69. The van der Waals surface area contributed by atoms with Crippen LogP contribution in [0.1, 0.15) is 483 Å². The summed E-state index contributed by atoms with van der Waals surface area (Å²) in [6.07, 6.45) is 95.9. The summed E-state index contributed by atoms with van der Waals surface area (Å²) in [7, 11) is 6.01. The largest absolute Gasteiger partial charge is 0.477 e. The fourth-order valence-electron chi connectivity index (χ4n) is 14.0. The van der Waals surface area contributed by atoms with Crippen LogP contribution in [0, 0.1) is 0 Å². The van der Waals surface area contributed by atoms with E-state index in [9.17, 15) is 19.5 Å². The number of hydrogen-bond acceptors (Lipinski definition) is 7. The van der Waals surface area contributed by atoms with Crippen LogP contribution in [0.5, 0.6) is 0 Å². The quantitative estimate of drug-likeness (QED) is 0.0278. The monoisotopic (exact) mass is 1360 g/mol. The molecule has 0 amide bonds. The molecule has 1 N–H and O–H groups in total. The lowest BCUT2D eigenvalue weighted by Crippen LogP contribution is -2.40. The van der Waals surface area contributed by atoms with Gasteiger partial charge in [-0.3, -0.25) is 9.59 Å². The Morgan fingerprint density at radius 1 is 0.271 bits per heavy atom. The Labute approximate surface area is 600 Å². The topological polar surface area (TPSA) is 108 Å². The first-order valence-electron chi connectivity index (χ1n) is 43.7. The lowest BCUT2D eigenvalue weighted by molar-refractivity contribution is -0.870. The number of ether oxygens (including phenoxy) is 4. The summed E-state index contributed by atoms with van der Waals surface area (Å²) in [4.78, 5) is 37.8. The minimum absolute atomic E-state index is 0.171. The van der Waals surface area contributed by atoms with Gasteiger partial charge in [0.2, 0.25) is 0 Å². The van der Waals surface area contributed by atoms with E-state index in [2.05, 4.69) is 13.8 Å². The van der Waals surface area contributed by atoms with E-state index in [0.29, 0.717) is 17.4 Å². The molecule has 572 valence electrons. The van der Waals surface area contributed by atoms with Crippen LogP contribution in [0.3, 0.4) is 0 Å². The van der Waals surface area contributed by atoms with E-state index < -0.39 is 18.4 Å². The van der Waals surface area contributed by atoms with Gasteiger partial charge in [-0.2, -0.15) is 0 Å². The third-order valence-electron chi connectivity index (χ3n) is 20.6. The zero-order valence-corrected chi connectivity index (χ0v) is 65.9. The first-order chi connectivity index (χ1) is 47.1. The van der Waals surface area contributed by atoms with Crippen LogP contribution >= 0.6 is 0 Å². The maximum Gasteiger partial charge on any atom is 0.361 e. The van der Waals surface area contributed by atoms with Crippen molar-refractivity contribution in [3.63, 3.8) is 0 Å². The number of hydrogen-bond donors (Lipinski definition) is 1. The van der Waals surface area contributed by atoms with Crippen LogP contribution in [0.15, 0.2) is 0 Å². The highest BCUT2D eigenvalue weighted by Gasteiger charge is 2.25. The molecule has 2 unspecified atom stereocenters. The molecule has 0 fully saturated rings. The van der Waals surface area contributed by atoms with Crippen molar-refractivity contribution in [2.45, 2.75) is 495 Å². The van der Waals surface area contributed by atoms with Gasteiger partial charge in [-0.05, 0) is 12.8 Å². The van der Waals surface area contributed by atoms with Gasteiger partial charge in [0.05, 0.1) is 34.4 Å². The second-order valence-corrected chi connectivity index (χ2v) is 31.6. The van der Waals surface area contributed by atoms with Gasteiger partial charge in [-0.1, -0.05) is 457 Å². The molecule has 9 heteroatoms. The standard InChI is InChI=1S/C87H171NO8/c1-6-8-10-12-14-16-18-20-22-24-26-28-30-32-34-36-38-40-41-42-43-44-46-48-50-52-54-56-58-60-62-64-66-68-70-72-74-76-78-85(90)96-83(82-95-87(86(91)92)93-80-79-88(3,4)5)81-94-84(89)77-75-73-71-69-67-65-63-61-59-57-55-53-51-49-47-45-39-37-35-33-31-29-27-25-23-21-19-17-15-13-11-9-7-2/h83,87H,6-82H2,1-5H3/p+1. The van der Waals surface area contributed by atoms with E-state index in [1.54, 1.807) is 0 Å². The molecule has 0 heterocycles. The molecule has 0 aliphatic rings. The van der Waals surface area contributed by atoms with Crippen molar-refractivity contribution >= 4 is 17.9 Å². The van der Waals surface area contributed by atoms with E-state index in [4.69, 9.17) is 18.9 Å². The SMILES string of the molecule is CCCCCCCCCCCCCCCCCCCCCCCCCCCCCCCCCCCCCCCCC(=O)OC(COC(=O)CCCCCCCCCCCCCCCCCCCCCCCCCCCCCCCCCCC)COC(OCC[N+](C)(C)C)C(=O)O. The average Bonchev–Trinajstić information content (AvgIpc) is 2.80. The van der Waals surface area contributed by atoms with Gasteiger partial charge in [-0.15, -0.1) is 0 Å². The maximum absolute atomic E-state index is 13.0. The number of carboxylic acid groups (broad SMARTS) is 1. The first kappa shape index (κ1) is 94.3. The molecule has 0 aromatic carbocycles. The highest BCUT2D eigenvalue weighted by atomic mass is 16.7. The minimum Gasteiger partial charge on any atom is -0.477 e. The van der Waals surface area contributed by atoms with Crippen molar-refractivity contribution in [2.75, 3.05) is 47.5 Å². The third-order valence-corrected chi connectivity index (χ3v) is 20.6. The van der Waals surface area contributed by atoms with Crippen molar-refractivity contribution in [1.82, 2.24) is 0 Å². The molecule has 96 heavy (non-hydrogen) atoms. The Balaban J connectivity index is 3.89. The Kier molecular flexibility index (Phi) is 77.6. The Morgan fingerprint density at radius 2 is 0.469 bits per heavy atom. The fourth-order valence-corrected chi connectivity index (χ4v) is 14.0. The van der Waals surface area contributed by atoms with Gasteiger partial charge >= 0.3 is 17.9 Å². The molecule has 9 nitrogen and oxygen atoms in total. The fraction of sp³-hybridized carbons (Fsp3) is 0.966. The molecule has 0 bridgehead atoms. The van der Waals surface area contributed by atoms with E-state index >= 15 is 0 Å². The number of likely N-dealkylation sites (N-methyl/N-ethyl adjacent to an activating group) is 1. The molecule has 0 rings (SSSR count). The number of carbonyl (C=O) groups is 3. The Morgan fingerprint density at radius 3 is 0.667 bits per heavy atom. The molecule has 0 aromatic rings. The van der Waals surface area contributed by atoms with E-state index in [0.717, 1.165) is 38.5 Å². The van der Waals surface area contributed by atoms with Crippen molar-refractivity contribution in [3.8, 4) is 0 Å². The predicted molar refractivity (Wildman–Crippen MR) is 415 cm³/mol. The predicted octanol–water partition coefficient (Wildman–Crippen LogP) is 28.1. The van der Waals surface area contributed by atoms with Crippen LogP contribution in [0.4, 0.5) is 0 Å². The normalized spacial score (nSPS) is 12.5. The number of rotatable bonds is 84. The smallest absolute Gasteiger partial charge is 0.361 e. The molecule has 2 atom stereocenters. The van der Waals surface area contributed by atoms with Crippen molar-refractivity contribution in [3.05, 3.63) is 0 Å². The lowest BCUT2D eigenvalue weighted by atomic mass is 10.0. The lowest BCUT2D eigenvalue weighted by Gasteiger charge is -2.25. The molecular weight excluding hydrogens is 1190 g/mol. The molecule has 0 radical (unpaired) electrons. The van der Waals surface area contributed by atoms with Crippen molar-refractivity contribution in [2.24, 2.45) is 0 Å². The van der Waals surface area contributed by atoms with Gasteiger partial charge in [0, 0.05) is 12.8 Å². The zero-order chi connectivity index (χ0) is 69.7. The minimum atomic E-state index is -1.51. The van der Waals surface area contributed by atoms with Crippen LogP contribution in [0.25, 0.3) is 0 Å². The molecule has 0 saturated heterocycles. The van der Waals surface area contributed by atoms with Gasteiger partial charge < -0.3 is 28.5 Å². The number of esters is 2. The van der Waals surface area contributed by atoms with Gasteiger partial charge in [0.15, 0.2) is 6.10 Å². The number of aliphatic carboxylic acids is 1. The second kappa shape index (κ2) is 79.0. The molecule has 0 saturated carbocycles. The van der Waals surface area contributed by atoms with Crippen molar-refractivity contribution in [1.29, 1.82) is 0 Å². The second-order valence-electron chi connectivity index (χ2n) is 31.6. The highest BCUT2D eigenvalue weighted by Crippen LogP contribution is 2.22. The summed E-state index contributed by atoms with van der Waals surface area (Å²) < 4.78 is 23.1. The van der Waals surface area contributed by atoms with Gasteiger partial charge in [0.1, 0.15) is 13.2 Å². The summed E-state index contributed by atoms with van der Waals surface area (Å²) in [6.45, 7) is 4.99. The van der Waals surface area contributed by atoms with Crippen LogP contribution < -0.4 is 0 Å². The average molecular weight is 1360 g/mol. The third kappa shape index (κ3) is 79.6. The molecule has 0 aromatic heterocycles. The molecule has 0 aliphatic carbocycles. The maximum atomic E-state index is 13.0. The van der Waals surface area contributed by atoms with Gasteiger partial charge in [0.25, 0.3) is 6.29 Å². The van der Waals surface area contributed by atoms with E-state index in [1.165, 1.54) is 417 Å². The highest BCUT2D eigenvalue weighted by molar-refractivity contribution is 5.71. The number of carbonyl (C=O) groups excluding carboxylic acids is 2. The molecular formula is C87H172NO8+. The van der Waals surface area contributed by atoms with E-state index in [1.807, 2.05) is 21.1 Å². The summed E-state index contributed by atoms with van der Waals surface area (Å²) in [5, 5.41) is 9.79. The van der Waals surface area contributed by atoms with Crippen LogP contribution in [0.2, 0.25) is 0 Å². The number of quaternary nitrogens is 1. The summed E-state index contributed by atoms with van der Waals surface area (Å²) in [5.74, 6) is -1.96. The summed E-state index contributed by atoms with van der Waals surface area (Å²) in [6, 6.07) is 0. The summed E-state index contributed by atoms with van der Waals surface area (Å²) >= 11 is 0. The molecule has 0 spiro atoms. The number of nitrogens with zero attached hydrogens (tertiary/aromatic N) is 1. The first-order valence-corrected chi connectivity index (χ1v) is 43.7. The number of carboxylic acids is 1. The summed E-state index contributed by atoms with van der Waals surface area (Å²) in [5.41, 5.74) is 0. The van der Waals surface area contributed by atoms with Gasteiger partial charge in [-0.25, -0.2) is 4.79 Å². The Hall–Kier alpha value is -1.71. The van der Waals surface area contributed by atoms with Crippen LogP contribution in [-0.2, 0) is 33.3 Å². The van der Waals surface area contributed by atoms with Crippen LogP contribution in [-0.4, -0.2) is 87.4 Å². The van der Waals surface area contributed by atoms with Crippen molar-refractivity contribution < 1.29 is 42.9 Å². The molecule has 0 aliphatic heterocycles. The Bertz CT molecular complexity index is 1530. The zero-order valence-electron chi connectivity index (χ0n) is 65.9. The van der Waals surface area contributed by atoms with E-state index in [-0.39, 0.29) is 38.2 Å².